The summed E-state index contributed by atoms with van der Waals surface area (Å²) in [6.45, 7) is 21.4. The van der Waals surface area contributed by atoms with Gasteiger partial charge in [0.15, 0.2) is 0 Å². The molecule has 0 aliphatic heterocycles. The molecule has 0 rings (SSSR count). The molecule has 0 spiro atoms. The number of carbonyl (C=O) groups excluding carboxylic acids is 4. The number of rotatable bonds is 10. The van der Waals surface area contributed by atoms with Crippen LogP contribution in [0.2, 0.25) is 0 Å². The summed E-state index contributed by atoms with van der Waals surface area (Å²) >= 11 is 0. The van der Waals surface area contributed by atoms with Gasteiger partial charge in [0.1, 0.15) is 24.2 Å². The van der Waals surface area contributed by atoms with Crippen molar-refractivity contribution in [2.24, 2.45) is 28.2 Å². The molecular formula is C24H48N6O4. The van der Waals surface area contributed by atoms with Crippen LogP contribution >= 0.6 is 0 Å². The fourth-order valence-electron chi connectivity index (χ4n) is 4.72. The van der Waals surface area contributed by atoms with E-state index >= 15 is 0 Å². The van der Waals surface area contributed by atoms with Crippen LogP contribution in [0.4, 0.5) is 0 Å². The number of amides is 4. The Morgan fingerprint density at radius 1 is 0.559 bits per heavy atom. The zero-order valence-electron chi connectivity index (χ0n) is 22.8. The normalized spacial score (nSPS) is 16.8. The third kappa shape index (κ3) is 9.97. The van der Waals surface area contributed by atoms with E-state index < -0.39 is 36.0 Å². The Morgan fingerprint density at radius 3 is 1.18 bits per heavy atom. The number of nitrogens with one attached hydrogen (secondary N) is 4. The molecule has 0 saturated carbocycles. The van der Waals surface area contributed by atoms with Crippen molar-refractivity contribution in [2.75, 3.05) is 0 Å². The third-order valence-electron chi connectivity index (χ3n) is 5.66. The Bertz CT molecular complexity index is 712. The SMILES string of the molecule is CC(C)NC(=O)[C@H](C)NC(=O)[C@@H](N)[C@H](N)C(=O)N[C@@H](C)C(=O)N[C@@H](C)C(C(C)(C)C)C(C)(C)C. The Kier molecular flexibility index (Phi) is 11.7. The highest BCUT2D eigenvalue weighted by atomic mass is 16.2. The third-order valence-corrected chi connectivity index (χ3v) is 5.66. The predicted octanol–water partition coefficient (Wildman–Crippen LogP) is 0.388. The van der Waals surface area contributed by atoms with E-state index in [-0.39, 0.29) is 40.6 Å². The molecule has 34 heavy (non-hydrogen) atoms. The summed E-state index contributed by atoms with van der Waals surface area (Å²) in [6.07, 6.45) is 0. The van der Waals surface area contributed by atoms with E-state index in [1.807, 2.05) is 6.92 Å². The van der Waals surface area contributed by atoms with Gasteiger partial charge in [0.05, 0.1) is 0 Å². The molecule has 8 N–H and O–H groups in total. The fourth-order valence-corrected chi connectivity index (χ4v) is 4.72. The quantitative estimate of drug-likeness (QED) is 0.262. The lowest BCUT2D eigenvalue weighted by molar-refractivity contribution is -0.133. The van der Waals surface area contributed by atoms with Gasteiger partial charge in [-0.3, -0.25) is 19.2 Å². The van der Waals surface area contributed by atoms with Crippen LogP contribution in [0.15, 0.2) is 0 Å². The van der Waals surface area contributed by atoms with Crippen LogP contribution in [-0.2, 0) is 19.2 Å². The molecule has 10 nitrogen and oxygen atoms in total. The summed E-state index contributed by atoms with van der Waals surface area (Å²) in [7, 11) is 0. The van der Waals surface area contributed by atoms with Gasteiger partial charge >= 0.3 is 0 Å². The Labute approximate surface area is 205 Å². The lowest BCUT2D eigenvalue weighted by Gasteiger charge is -2.45. The maximum absolute atomic E-state index is 12.8. The molecule has 5 atom stereocenters. The zero-order valence-corrected chi connectivity index (χ0v) is 22.8. The Balaban J connectivity index is 5.03. The molecule has 0 unspecified atom stereocenters. The van der Waals surface area contributed by atoms with Crippen molar-refractivity contribution in [2.45, 2.75) is 112 Å². The van der Waals surface area contributed by atoms with E-state index in [0.29, 0.717) is 0 Å². The molecule has 4 amide bonds. The molecule has 0 bridgehead atoms. The number of hydrogen-bond donors (Lipinski definition) is 6. The van der Waals surface area contributed by atoms with Crippen LogP contribution in [0.1, 0.15) is 76.2 Å². The van der Waals surface area contributed by atoms with Gasteiger partial charge in [0.2, 0.25) is 23.6 Å². The molecule has 0 radical (unpaired) electrons. The van der Waals surface area contributed by atoms with Gasteiger partial charge in [-0.05, 0) is 51.4 Å². The standard InChI is InChI=1S/C24H48N6O4/c1-12(2)27-19(31)14(4)29-21(33)16(25)17(26)22(34)30-15(5)20(32)28-13(3)18(23(6,7)8)24(9,10)11/h12-18H,25-26H2,1-11H3,(H,27,31)(H,28,32)(H,29,33)(H,30,34)/t13-,14-,15-,16-,17-/m0/s1. The van der Waals surface area contributed by atoms with Gasteiger partial charge in [-0.2, -0.15) is 0 Å². The average Bonchev–Trinajstić information content (AvgIpc) is 2.63. The summed E-state index contributed by atoms with van der Waals surface area (Å²) in [4.78, 5) is 49.6. The van der Waals surface area contributed by atoms with Crippen molar-refractivity contribution >= 4 is 23.6 Å². The van der Waals surface area contributed by atoms with Gasteiger partial charge in [-0.25, -0.2) is 0 Å². The molecule has 10 heteroatoms. The second-order valence-electron chi connectivity index (χ2n) is 11.7. The van der Waals surface area contributed by atoms with Gasteiger partial charge in [-0.15, -0.1) is 0 Å². The van der Waals surface area contributed by atoms with Crippen molar-refractivity contribution in [1.82, 2.24) is 21.3 Å². The largest absolute Gasteiger partial charge is 0.352 e. The van der Waals surface area contributed by atoms with Gasteiger partial charge in [0.25, 0.3) is 0 Å². The van der Waals surface area contributed by atoms with E-state index in [9.17, 15) is 19.2 Å². The first kappa shape index (κ1) is 31.8. The summed E-state index contributed by atoms with van der Waals surface area (Å²) in [5.74, 6) is -2.04. The number of hydrogen-bond acceptors (Lipinski definition) is 6. The molecule has 0 heterocycles. The minimum Gasteiger partial charge on any atom is -0.352 e. The minimum atomic E-state index is -1.40. The van der Waals surface area contributed by atoms with Crippen LogP contribution in [-0.4, -0.2) is 59.9 Å². The first-order valence-corrected chi connectivity index (χ1v) is 11.9. The number of nitrogens with two attached hydrogens (primary N) is 2. The van der Waals surface area contributed by atoms with Crippen molar-refractivity contribution < 1.29 is 19.2 Å². The predicted molar refractivity (Wildman–Crippen MR) is 134 cm³/mol. The maximum Gasteiger partial charge on any atom is 0.242 e. The monoisotopic (exact) mass is 484 g/mol. The van der Waals surface area contributed by atoms with Crippen LogP contribution < -0.4 is 32.7 Å². The smallest absolute Gasteiger partial charge is 0.242 e. The van der Waals surface area contributed by atoms with Gasteiger partial charge < -0.3 is 32.7 Å². The minimum absolute atomic E-state index is 0.0525. The van der Waals surface area contributed by atoms with E-state index in [2.05, 4.69) is 62.8 Å². The first-order chi connectivity index (χ1) is 15.2. The molecule has 0 saturated heterocycles. The topological polar surface area (TPSA) is 168 Å². The van der Waals surface area contributed by atoms with Crippen molar-refractivity contribution in [3.63, 3.8) is 0 Å². The van der Waals surface area contributed by atoms with Crippen LogP contribution in [0.5, 0.6) is 0 Å². The summed E-state index contributed by atoms with van der Waals surface area (Å²) in [6, 6.07) is -4.76. The molecular weight excluding hydrogens is 436 g/mol. The summed E-state index contributed by atoms with van der Waals surface area (Å²) < 4.78 is 0. The van der Waals surface area contributed by atoms with Gasteiger partial charge in [0, 0.05) is 12.1 Å². The van der Waals surface area contributed by atoms with Crippen molar-refractivity contribution in [3.05, 3.63) is 0 Å². The number of carbonyl (C=O) groups is 4. The fraction of sp³-hybridized carbons (Fsp3) is 0.833. The van der Waals surface area contributed by atoms with Crippen LogP contribution in [0.25, 0.3) is 0 Å². The average molecular weight is 485 g/mol. The highest BCUT2D eigenvalue weighted by Crippen LogP contribution is 2.42. The summed E-state index contributed by atoms with van der Waals surface area (Å²) in [5, 5.41) is 10.6. The zero-order chi connectivity index (χ0) is 27.2. The van der Waals surface area contributed by atoms with Crippen LogP contribution in [0.3, 0.4) is 0 Å². The second kappa shape index (κ2) is 12.5. The lowest BCUT2D eigenvalue weighted by Crippen LogP contribution is -2.62. The van der Waals surface area contributed by atoms with E-state index in [4.69, 9.17) is 11.5 Å². The van der Waals surface area contributed by atoms with Crippen molar-refractivity contribution in [3.8, 4) is 0 Å². The molecule has 0 aliphatic carbocycles. The molecule has 0 aromatic heterocycles. The van der Waals surface area contributed by atoms with Crippen LogP contribution in [0, 0.1) is 16.7 Å². The van der Waals surface area contributed by atoms with E-state index in [1.165, 1.54) is 6.92 Å². The molecule has 0 aromatic rings. The molecule has 198 valence electrons. The summed E-state index contributed by atoms with van der Waals surface area (Å²) in [5.41, 5.74) is 11.6. The first-order valence-electron chi connectivity index (χ1n) is 11.9. The van der Waals surface area contributed by atoms with E-state index in [0.717, 1.165) is 0 Å². The van der Waals surface area contributed by atoms with Gasteiger partial charge in [-0.1, -0.05) is 41.5 Å². The molecule has 0 aromatic carbocycles. The molecule has 0 aliphatic rings. The molecule has 0 fully saturated rings. The van der Waals surface area contributed by atoms with Crippen molar-refractivity contribution in [1.29, 1.82) is 0 Å². The Hall–Kier alpha value is -2.20. The lowest BCUT2D eigenvalue weighted by atomic mass is 9.63. The Morgan fingerprint density at radius 2 is 0.882 bits per heavy atom. The highest BCUT2D eigenvalue weighted by Gasteiger charge is 2.40. The second-order valence-corrected chi connectivity index (χ2v) is 11.7. The maximum atomic E-state index is 12.8. The van der Waals surface area contributed by atoms with E-state index in [1.54, 1.807) is 20.8 Å². The highest BCUT2D eigenvalue weighted by molar-refractivity contribution is 5.96.